The van der Waals surface area contributed by atoms with Gasteiger partial charge in [-0.25, -0.2) is 4.68 Å². The van der Waals surface area contributed by atoms with E-state index in [0.29, 0.717) is 0 Å². The molecule has 0 aliphatic carbocycles. The molecule has 18 heavy (non-hydrogen) atoms. The molecule has 0 saturated heterocycles. The van der Waals surface area contributed by atoms with Gasteiger partial charge in [0.25, 0.3) is 0 Å². The van der Waals surface area contributed by atoms with Gasteiger partial charge in [0.2, 0.25) is 0 Å². The lowest BCUT2D eigenvalue weighted by Gasteiger charge is -2.06. The average Bonchev–Trinajstić information content (AvgIpc) is 2.90. The topological polar surface area (TPSA) is 30.7 Å². The van der Waals surface area contributed by atoms with Crippen molar-refractivity contribution in [3.8, 4) is 16.9 Å². The zero-order chi connectivity index (χ0) is 12.4. The van der Waals surface area contributed by atoms with Gasteiger partial charge in [0.05, 0.1) is 17.6 Å². The maximum absolute atomic E-state index is 4.15. The molecule has 3 aromatic rings. The fraction of sp³-hybridized carbons (Fsp3) is 0.0667. The van der Waals surface area contributed by atoms with Crippen LogP contribution in [0.3, 0.4) is 0 Å². The fourth-order valence-corrected chi connectivity index (χ4v) is 1.92. The minimum atomic E-state index is 1.00. The first-order valence-electron chi connectivity index (χ1n) is 5.88. The number of hydrogen-bond donors (Lipinski definition) is 0. The SMILES string of the molecule is Cc1ccc(-c2cnnn2-c2ccccc2)cc1. The van der Waals surface area contributed by atoms with E-state index >= 15 is 0 Å². The Labute approximate surface area is 106 Å². The monoisotopic (exact) mass is 235 g/mol. The van der Waals surface area contributed by atoms with E-state index in [1.807, 2.05) is 35.0 Å². The zero-order valence-corrected chi connectivity index (χ0v) is 10.1. The van der Waals surface area contributed by atoms with Crippen molar-refractivity contribution >= 4 is 0 Å². The minimum absolute atomic E-state index is 1.00. The van der Waals surface area contributed by atoms with E-state index in [1.165, 1.54) is 5.56 Å². The summed E-state index contributed by atoms with van der Waals surface area (Å²) in [6.07, 6.45) is 1.79. The van der Waals surface area contributed by atoms with Crippen LogP contribution in [0.25, 0.3) is 16.9 Å². The predicted octanol–water partition coefficient (Wildman–Crippen LogP) is 3.24. The van der Waals surface area contributed by atoms with E-state index in [-0.39, 0.29) is 0 Å². The molecule has 0 N–H and O–H groups in total. The van der Waals surface area contributed by atoms with Gasteiger partial charge in [0.1, 0.15) is 0 Å². The van der Waals surface area contributed by atoms with Crippen LogP contribution in [0.15, 0.2) is 60.8 Å². The highest BCUT2D eigenvalue weighted by Gasteiger charge is 2.07. The molecule has 0 unspecified atom stereocenters. The van der Waals surface area contributed by atoms with E-state index < -0.39 is 0 Å². The smallest absolute Gasteiger partial charge is 0.0944 e. The summed E-state index contributed by atoms with van der Waals surface area (Å²) in [6.45, 7) is 2.08. The number of rotatable bonds is 2. The molecule has 0 saturated carbocycles. The van der Waals surface area contributed by atoms with Crippen molar-refractivity contribution in [2.24, 2.45) is 0 Å². The fourth-order valence-electron chi connectivity index (χ4n) is 1.92. The maximum atomic E-state index is 4.15. The van der Waals surface area contributed by atoms with Gasteiger partial charge >= 0.3 is 0 Å². The summed E-state index contributed by atoms with van der Waals surface area (Å²) in [5.41, 5.74) is 4.39. The molecule has 0 radical (unpaired) electrons. The van der Waals surface area contributed by atoms with Gasteiger partial charge in [-0.3, -0.25) is 0 Å². The van der Waals surface area contributed by atoms with Gasteiger partial charge in [-0.1, -0.05) is 53.2 Å². The van der Waals surface area contributed by atoms with Gasteiger partial charge in [-0.05, 0) is 19.1 Å². The maximum Gasteiger partial charge on any atom is 0.0944 e. The Morgan fingerprint density at radius 1 is 0.889 bits per heavy atom. The lowest BCUT2D eigenvalue weighted by atomic mass is 10.1. The third-order valence-electron chi connectivity index (χ3n) is 2.90. The number of aryl methyl sites for hydroxylation is 1. The molecule has 3 nitrogen and oxygen atoms in total. The number of nitrogens with zero attached hydrogens (tertiary/aromatic N) is 3. The molecule has 0 amide bonds. The number of hydrogen-bond acceptors (Lipinski definition) is 2. The summed E-state index contributed by atoms with van der Waals surface area (Å²) in [7, 11) is 0. The van der Waals surface area contributed by atoms with Crippen molar-refractivity contribution in [3.63, 3.8) is 0 Å². The Hall–Kier alpha value is -2.42. The van der Waals surface area contributed by atoms with Crippen molar-refractivity contribution in [1.82, 2.24) is 15.0 Å². The summed E-state index contributed by atoms with van der Waals surface area (Å²) in [5, 5.41) is 8.16. The van der Waals surface area contributed by atoms with Crippen LogP contribution >= 0.6 is 0 Å². The van der Waals surface area contributed by atoms with Crippen molar-refractivity contribution in [1.29, 1.82) is 0 Å². The Bertz CT molecular complexity index is 639. The van der Waals surface area contributed by atoms with Gasteiger partial charge in [-0.15, -0.1) is 5.10 Å². The van der Waals surface area contributed by atoms with Crippen LogP contribution < -0.4 is 0 Å². The van der Waals surface area contributed by atoms with Crippen LogP contribution in [0.5, 0.6) is 0 Å². The Kier molecular flexibility index (Phi) is 2.65. The van der Waals surface area contributed by atoms with Crippen molar-refractivity contribution in [2.75, 3.05) is 0 Å². The van der Waals surface area contributed by atoms with E-state index in [2.05, 4.69) is 41.5 Å². The average molecular weight is 235 g/mol. The Morgan fingerprint density at radius 3 is 2.33 bits per heavy atom. The summed E-state index contributed by atoms with van der Waals surface area (Å²) < 4.78 is 1.85. The lowest BCUT2D eigenvalue weighted by Crippen LogP contribution is -1.98. The molecule has 0 aliphatic rings. The second kappa shape index (κ2) is 4.45. The van der Waals surface area contributed by atoms with Gasteiger partial charge < -0.3 is 0 Å². The molecule has 0 bridgehead atoms. The summed E-state index contributed by atoms with van der Waals surface area (Å²) in [5.74, 6) is 0. The standard InChI is InChI=1S/C15H13N3/c1-12-7-9-13(10-8-12)15-11-16-17-18(15)14-5-3-2-4-6-14/h2-11H,1H3. The highest BCUT2D eigenvalue weighted by Crippen LogP contribution is 2.21. The summed E-state index contributed by atoms with van der Waals surface area (Å²) in [4.78, 5) is 0. The quantitative estimate of drug-likeness (QED) is 0.682. The van der Waals surface area contributed by atoms with Crippen molar-refractivity contribution in [2.45, 2.75) is 6.92 Å². The van der Waals surface area contributed by atoms with Crippen LogP contribution in [0.2, 0.25) is 0 Å². The van der Waals surface area contributed by atoms with Crippen molar-refractivity contribution in [3.05, 3.63) is 66.4 Å². The second-order valence-electron chi connectivity index (χ2n) is 4.23. The predicted molar refractivity (Wildman–Crippen MR) is 71.5 cm³/mol. The summed E-state index contributed by atoms with van der Waals surface area (Å²) in [6, 6.07) is 18.4. The van der Waals surface area contributed by atoms with Gasteiger partial charge in [0.15, 0.2) is 0 Å². The van der Waals surface area contributed by atoms with Crippen LogP contribution in [-0.4, -0.2) is 15.0 Å². The van der Waals surface area contributed by atoms with Crippen LogP contribution in [0, 0.1) is 6.92 Å². The van der Waals surface area contributed by atoms with Crippen LogP contribution in [0.4, 0.5) is 0 Å². The van der Waals surface area contributed by atoms with E-state index in [0.717, 1.165) is 16.9 Å². The molecule has 3 heteroatoms. The van der Waals surface area contributed by atoms with E-state index in [1.54, 1.807) is 6.20 Å². The third-order valence-corrected chi connectivity index (χ3v) is 2.90. The molecular formula is C15H13N3. The van der Waals surface area contributed by atoms with Crippen LogP contribution in [-0.2, 0) is 0 Å². The molecule has 88 valence electrons. The Morgan fingerprint density at radius 2 is 1.61 bits per heavy atom. The Balaban J connectivity index is 2.10. The van der Waals surface area contributed by atoms with E-state index in [4.69, 9.17) is 0 Å². The first-order valence-corrected chi connectivity index (χ1v) is 5.88. The number of benzene rings is 2. The number of aromatic nitrogens is 3. The first kappa shape index (κ1) is 10.7. The highest BCUT2D eigenvalue weighted by molar-refractivity contribution is 5.61. The highest BCUT2D eigenvalue weighted by atomic mass is 15.4. The molecule has 3 rings (SSSR count). The van der Waals surface area contributed by atoms with Crippen molar-refractivity contribution < 1.29 is 0 Å². The molecular weight excluding hydrogens is 222 g/mol. The zero-order valence-electron chi connectivity index (χ0n) is 10.1. The largest absolute Gasteiger partial charge is 0.213 e. The van der Waals surface area contributed by atoms with Gasteiger partial charge in [0, 0.05) is 5.56 Å². The first-order chi connectivity index (χ1) is 8.84. The second-order valence-corrected chi connectivity index (χ2v) is 4.23. The minimum Gasteiger partial charge on any atom is -0.213 e. The molecule has 0 fully saturated rings. The molecule has 0 spiro atoms. The molecule has 0 aliphatic heterocycles. The molecule has 1 heterocycles. The normalized spacial score (nSPS) is 10.5. The number of para-hydroxylation sites is 1. The summed E-state index contributed by atoms with van der Waals surface area (Å²) >= 11 is 0. The van der Waals surface area contributed by atoms with Crippen LogP contribution in [0.1, 0.15) is 5.56 Å². The lowest BCUT2D eigenvalue weighted by molar-refractivity contribution is 0.808. The molecule has 2 aromatic carbocycles. The van der Waals surface area contributed by atoms with Gasteiger partial charge in [-0.2, -0.15) is 0 Å². The molecule has 0 atom stereocenters. The van der Waals surface area contributed by atoms with E-state index in [9.17, 15) is 0 Å². The third kappa shape index (κ3) is 1.91. The molecule has 1 aromatic heterocycles.